The summed E-state index contributed by atoms with van der Waals surface area (Å²) >= 11 is 0. The van der Waals surface area contributed by atoms with Gasteiger partial charge in [0.25, 0.3) is 5.91 Å². The number of nitrogens with zero attached hydrogens (tertiary/aromatic N) is 1. The van der Waals surface area contributed by atoms with Crippen molar-refractivity contribution in [2.75, 3.05) is 0 Å². The second-order valence-corrected chi connectivity index (χ2v) is 7.48. The Morgan fingerprint density at radius 3 is 2.60 bits per heavy atom. The highest BCUT2D eigenvalue weighted by molar-refractivity contribution is 5.96. The molecule has 2 aromatic carbocycles. The molecule has 0 spiro atoms. The average Bonchev–Trinajstić information content (AvgIpc) is 2.79. The molecule has 0 bridgehead atoms. The van der Waals surface area contributed by atoms with Gasteiger partial charge in [-0.05, 0) is 61.1 Å². The Morgan fingerprint density at radius 1 is 1.13 bits per heavy atom. The van der Waals surface area contributed by atoms with Crippen LogP contribution in [-0.2, 0) is 11.3 Å². The molecule has 4 heteroatoms. The molecule has 0 saturated carbocycles. The minimum absolute atomic E-state index is 0.0974. The van der Waals surface area contributed by atoms with Gasteiger partial charge in [0.1, 0.15) is 24.4 Å². The number of rotatable bonds is 5. The molecule has 1 amide bonds. The molecule has 2 aliphatic rings. The summed E-state index contributed by atoms with van der Waals surface area (Å²) in [6.07, 6.45) is 13.0. The van der Waals surface area contributed by atoms with Crippen LogP contribution in [0.1, 0.15) is 39.9 Å². The third-order valence-electron chi connectivity index (χ3n) is 5.17. The molecule has 0 unspecified atom stereocenters. The van der Waals surface area contributed by atoms with Crippen LogP contribution >= 0.6 is 0 Å². The van der Waals surface area contributed by atoms with Crippen molar-refractivity contribution in [3.05, 3.63) is 113 Å². The lowest BCUT2D eigenvalue weighted by atomic mass is 10.0. The molecule has 0 atom stereocenters. The highest BCUT2D eigenvalue weighted by Crippen LogP contribution is 2.28. The largest absolute Gasteiger partial charge is 0.488 e. The monoisotopic (exact) mass is 399 g/mol. The standard InChI is InChI=1S/C26H25NO3/c1-19-15-23(16-20(2)25(19)30-18-21-9-5-3-6-10-21)26(28)27-13-14-29-24(17-27)22-11-7-4-8-12-22/h3-7,9-11,13-17H,8,12,18H2,1-2H3. The fourth-order valence-electron chi connectivity index (χ4n) is 3.64. The summed E-state index contributed by atoms with van der Waals surface area (Å²) in [5, 5.41) is 0. The van der Waals surface area contributed by atoms with Gasteiger partial charge in [0.2, 0.25) is 0 Å². The van der Waals surface area contributed by atoms with Gasteiger partial charge in [-0.1, -0.05) is 48.6 Å². The first-order valence-corrected chi connectivity index (χ1v) is 10.1. The van der Waals surface area contributed by atoms with Crippen molar-refractivity contribution in [1.29, 1.82) is 0 Å². The Balaban J connectivity index is 1.52. The number of carbonyl (C=O) groups is 1. The van der Waals surface area contributed by atoms with Crippen LogP contribution in [0.5, 0.6) is 5.75 Å². The number of benzene rings is 2. The molecular formula is C26H25NO3. The molecule has 4 nitrogen and oxygen atoms in total. The van der Waals surface area contributed by atoms with Crippen LogP contribution in [0.3, 0.4) is 0 Å². The van der Waals surface area contributed by atoms with Gasteiger partial charge in [0, 0.05) is 11.8 Å². The van der Waals surface area contributed by atoms with E-state index in [9.17, 15) is 4.79 Å². The summed E-state index contributed by atoms with van der Waals surface area (Å²) in [6, 6.07) is 13.8. The molecule has 2 aromatic rings. The maximum Gasteiger partial charge on any atom is 0.262 e. The third kappa shape index (κ3) is 4.38. The maximum absolute atomic E-state index is 13.1. The molecule has 0 saturated heterocycles. The van der Waals surface area contributed by atoms with Crippen molar-refractivity contribution in [3.63, 3.8) is 0 Å². The highest BCUT2D eigenvalue weighted by atomic mass is 16.5. The fraction of sp³-hybridized carbons (Fsp3) is 0.192. The van der Waals surface area contributed by atoms with Crippen LogP contribution in [0, 0.1) is 13.8 Å². The molecule has 0 fully saturated rings. The predicted octanol–water partition coefficient (Wildman–Crippen LogP) is 5.94. The molecule has 0 aromatic heterocycles. The lowest BCUT2D eigenvalue weighted by Gasteiger charge is -2.22. The van der Waals surface area contributed by atoms with E-state index < -0.39 is 0 Å². The number of carbonyl (C=O) groups excluding carboxylic acids is 1. The lowest BCUT2D eigenvalue weighted by molar-refractivity contribution is 0.0855. The highest BCUT2D eigenvalue weighted by Gasteiger charge is 2.20. The summed E-state index contributed by atoms with van der Waals surface area (Å²) in [4.78, 5) is 14.7. The molecule has 4 rings (SSSR count). The molecule has 0 radical (unpaired) electrons. The van der Waals surface area contributed by atoms with E-state index in [-0.39, 0.29) is 5.91 Å². The minimum Gasteiger partial charge on any atom is -0.488 e. The summed E-state index contributed by atoms with van der Waals surface area (Å²) < 4.78 is 11.7. The summed E-state index contributed by atoms with van der Waals surface area (Å²) in [5.74, 6) is 1.44. The second-order valence-electron chi connectivity index (χ2n) is 7.48. The quantitative estimate of drug-likeness (QED) is 0.624. The second kappa shape index (κ2) is 8.87. The van der Waals surface area contributed by atoms with Crippen molar-refractivity contribution in [2.45, 2.75) is 33.3 Å². The third-order valence-corrected chi connectivity index (χ3v) is 5.17. The first kappa shape index (κ1) is 19.8. The first-order valence-electron chi connectivity index (χ1n) is 10.1. The number of ether oxygens (including phenoxy) is 2. The SMILES string of the molecule is Cc1cc(C(=O)N2C=COC(C3=CC=CCC3)=C2)cc(C)c1OCc1ccccc1. The van der Waals surface area contributed by atoms with Crippen molar-refractivity contribution in [2.24, 2.45) is 0 Å². The van der Waals surface area contributed by atoms with Crippen molar-refractivity contribution >= 4 is 5.91 Å². The van der Waals surface area contributed by atoms with Crippen LogP contribution in [-0.4, -0.2) is 10.8 Å². The Morgan fingerprint density at radius 2 is 1.90 bits per heavy atom. The number of hydrogen-bond acceptors (Lipinski definition) is 3. The van der Waals surface area contributed by atoms with E-state index in [2.05, 4.69) is 6.08 Å². The van der Waals surface area contributed by atoms with Crippen molar-refractivity contribution in [1.82, 2.24) is 4.90 Å². The first-order chi connectivity index (χ1) is 14.6. The van der Waals surface area contributed by atoms with Crippen LogP contribution in [0.2, 0.25) is 0 Å². The van der Waals surface area contributed by atoms with Crippen LogP contribution in [0.15, 0.2) is 90.7 Å². The Hall–Kier alpha value is -3.53. The van der Waals surface area contributed by atoms with Gasteiger partial charge in [0.05, 0.1) is 6.20 Å². The van der Waals surface area contributed by atoms with Gasteiger partial charge in [-0.2, -0.15) is 0 Å². The molecular weight excluding hydrogens is 374 g/mol. The number of amides is 1. The maximum atomic E-state index is 13.1. The average molecular weight is 399 g/mol. The van der Waals surface area contributed by atoms with E-state index in [1.807, 2.05) is 68.5 Å². The van der Waals surface area contributed by atoms with E-state index >= 15 is 0 Å². The zero-order valence-corrected chi connectivity index (χ0v) is 17.3. The minimum atomic E-state index is -0.0974. The van der Waals surface area contributed by atoms with E-state index in [1.54, 1.807) is 23.6 Å². The normalized spacial score (nSPS) is 15.3. The zero-order chi connectivity index (χ0) is 20.9. The summed E-state index contributed by atoms with van der Waals surface area (Å²) in [6.45, 7) is 4.44. The van der Waals surface area contributed by atoms with E-state index in [4.69, 9.17) is 9.47 Å². The topological polar surface area (TPSA) is 38.8 Å². The van der Waals surface area contributed by atoms with Gasteiger partial charge < -0.3 is 9.47 Å². The smallest absolute Gasteiger partial charge is 0.262 e. The Bertz CT molecular complexity index is 1040. The van der Waals surface area contributed by atoms with Crippen LogP contribution < -0.4 is 4.74 Å². The van der Waals surface area contributed by atoms with Gasteiger partial charge >= 0.3 is 0 Å². The Labute approximate surface area is 177 Å². The number of allylic oxidation sites excluding steroid dienone is 4. The van der Waals surface area contributed by atoms with E-state index in [1.165, 1.54) is 0 Å². The molecule has 30 heavy (non-hydrogen) atoms. The molecule has 1 aliphatic carbocycles. The zero-order valence-electron chi connectivity index (χ0n) is 17.3. The van der Waals surface area contributed by atoms with Gasteiger partial charge in [-0.3, -0.25) is 9.69 Å². The molecule has 152 valence electrons. The van der Waals surface area contributed by atoms with Gasteiger partial charge in [0.15, 0.2) is 0 Å². The molecule has 0 N–H and O–H groups in total. The van der Waals surface area contributed by atoms with E-state index in [0.29, 0.717) is 17.9 Å². The van der Waals surface area contributed by atoms with E-state index in [0.717, 1.165) is 40.9 Å². The molecule has 1 heterocycles. The summed E-state index contributed by atoms with van der Waals surface area (Å²) in [7, 11) is 0. The van der Waals surface area contributed by atoms with Gasteiger partial charge in [-0.15, -0.1) is 0 Å². The van der Waals surface area contributed by atoms with Crippen molar-refractivity contribution in [3.8, 4) is 5.75 Å². The van der Waals surface area contributed by atoms with Crippen LogP contribution in [0.4, 0.5) is 0 Å². The summed E-state index contributed by atoms with van der Waals surface area (Å²) in [5.41, 5.74) is 4.71. The number of hydrogen-bond donors (Lipinski definition) is 0. The lowest BCUT2D eigenvalue weighted by Crippen LogP contribution is -2.23. The Kier molecular flexibility index (Phi) is 5.84. The van der Waals surface area contributed by atoms with Crippen LogP contribution in [0.25, 0.3) is 0 Å². The van der Waals surface area contributed by atoms with Gasteiger partial charge in [-0.25, -0.2) is 0 Å². The molecule has 1 aliphatic heterocycles. The number of aryl methyl sites for hydroxylation is 2. The van der Waals surface area contributed by atoms with Crippen molar-refractivity contribution < 1.29 is 14.3 Å². The predicted molar refractivity (Wildman–Crippen MR) is 118 cm³/mol. The fourth-order valence-corrected chi connectivity index (χ4v) is 3.64.